The molecule has 0 aromatic heterocycles. The van der Waals surface area contributed by atoms with Crippen LogP contribution in [-0.4, -0.2) is 48.5 Å². The summed E-state index contributed by atoms with van der Waals surface area (Å²) in [6.45, 7) is 15.3. The number of hydrogen-bond donors (Lipinski definition) is 3. The van der Waals surface area contributed by atoms with Crippen LogP contribution in [0.2, 0.25) is 0 Å². The summed E-state index contributed by atoms with van der Waals surface area (Å²) in [7, 11) is 0. The first kappa shape index (κ1) is 23.2. The van der Waals surface area contributed by atoms with Crippen LogP contribution in [-0.2, 0) is 17.9 Å². The summed E-state index contributed by atoms with van der Waals surface area (Å²) in [5.41, 5.74) is 2.29. The van der Waals surface area contributed by atoms with Crippen LogP contribution >= 0.6 is 0 Å². The van der Waals surface area contributed by atoms with Gasteiger partial charge in [-0.3, -0.25) is 9.69 Å². The van der Waals surface area contributed by atoms with E-state index in [0.717, 1.165) is 24.6 Å². The number of piperidine rings is 1. The van der Waals surface area contributed by atoms with Crippen molar-refractivity contribution in [2.45, 2.75) is 66.1 Å². The molecule has 1 aromatic rings. The van der Waals surface area contributed by atoms with Crippen molar-refractivity contribution in [1.82, 2.24) is 20.9 Å². The Morgan fingerprint density at radius 2 is 1.72 bits per heavy atom. The van der Waals surface area contributed by atoms with Gasteiger partial charge in [-0.25, -0.2) is 4.99 Å². The Labute approximate surface area is 176 Å². The number of carbonyl (C=O) groups excluding carboxylic acids is 1. The first-order valence-corrected chi connectivity index (χ1v) is 10.9. The van der Waals surface area contributed by atoms with Gasteiger partial charge in [-0.05, 0) is 70.7 Å². The molecule has 1 aliphatic rings. The smallest absolute Gasteiger partial charge is 0.239 e. The van der Waals surface area contributed by atoms with Crippen LogP contribution in [0.4, 0.5) is 0 Å². The van der Waals surface area contributed by atoms with Gasteiger partial charge < -0.3 is 16.0 Å². The lowest BCUT2D eigenvalue weighted by Gasteiger charge is -2.30. The van der Waals surface area contributed by atoms with Crippen molar-refractivity contribution in [3.63, 3.8) is 0 Å². The number of likely N-dealkylation sites (tertiary alicyclic amines) is 1. The van der Waals surface area contributed by atoms with Gasteiger partial charge in [-0.15, -0.1) is 0 Å². The Bertz CT molecular complexity index is 655. The van der Waals surface area contributed by atoms with E-state index in [2.05, 4.69) is 57.0 Å². The molecule has 1 aliphatic heterocycles. The predicted molar refractivity (Wildman–Crippen MR) is 121 cm³/mol. The zero-order valence-corrected chi connectivity index (χ0v) is 18.8. The molecule has 1 amide bonds. The highest BCUT2D eigenvalue weighted by molar-refractivity contribution is 5.86. The maximum absolute atomic E-state index is 12.0. The van der Waals surface area contributed by atoms with Crippen LogP contribution in [0.5, 0.6) is 0 Å². The summed E-state index contributed by atoms with van der Waals surface area (Å²) in [5, 5.41) is 9.24. The highest BCUT2D eigenvalue weighted by Crippen LogP contribution is 2.18. The lowest BCUT2D eigenvalue weighted by Crippen LogP contribution is -2.48. The molecule has 1 saturated heterocycles. The topological polar surface area (TPSA) is 68.8 Å². The average molecular weight is 402 g/mol. The van der Waals surface area contributed by atoms with Gasteiger partial charge in [0.25, 0.3) is 0 Å². The van der Waals surface area contributed by atoms with E-state index < -0.39 is 0 Å². The summed E-state index contributed by atoms with van der Waals surface area (Å²) in [5.74, 6) is 1.48. The van der Waals surface area contributed by atoms with E-state index in [1.165, 1.54) is 31.5 Å². The predicted octanol–water partition coefficient (Wildman–Crippen LogP) is 2.89. The van der Waals surface area contributed by atoms with Gasteiger partial charge in [0.1, 0.15) is 0 Å². The van der Waals surface area contributed by atoms with Crippen LogP contribution in [0.3, 0.4) is 0 Å². The number of carbonyl (C=O) groups is 1. The minimum absolute atomic E-state index is 0.0421. The maximum Gasteiger partial charge on any atom is 0.239 e. The highest BCUT2D eigenvalue weighted by Gasteiger charge is 2.16. The van der Waals surface area contributed by atoms with Crippen LogP contribution in [0, 0.1) is 5.92 Å². The molecule has 1 heterocycles. The fraction of sp³-hybridized carbons (Fsp3) is 0.652. The summed E-state index contributed by atoms with van der Waals surface area (Å²) in [6, 6.07) is 8.72. The molecule has 2 rings (SSSR count). The number of guanidine groups is 1. The molecule has 1 fully saturated rings. The molecule has 0 bridgehead atoms. The Hall–Kier alpha value is -2.08. The van der Waals surface area contributed by atoms with Crippen molar-refractivity contribution >= 4 is 11.9 Å². The van der Waals surface area contributed by atoms with Gasteiger partial charge in [0.05, 0.1) is 13.1 Å². The monoisotopic (exact) mass is 401 g/mol. The zero-order valence-electron chi connectivity index (χ0n) is 18.8. The number of benzene rings is 1. The molecule has 6 heteroatoms. The van der Waals surface area contributed by atoms with E-state index in [4.69, 9.17) is 0 Å². The van der Waals surface area contributed by atoms with Crippen LogP contribution in [0.25, 0.3) is 0 Å². The zero-order chi connectivity index (χ0) is 21.3. The Balaban J connectivity index is 1.84. The standard InChI is InChI=1S/C23H39N5O/c1-6-24-22(26-16-21(29)27-23(3,4)5)25-15-19-7-9-20(10-8-19)17-28-13-11-18(2)12-14-28/h7-10,18H,6,11-17H2,1-5H3,(H,27,29)(H2,24,25,26). The molecule has 0 radical (unpaired) electrons. The molecule has 3 N–H and O–H groups in total. The molecular weight excluding hydrogens is 362 g/mol. The number of nitrogens with zero attached hydrogens (tertiary/aromatic N) is 2. The van der Waals surface area contributed by atoms with Crippen LogP contribution in [0.15, 0.2) is 29.3 Å². The molecule has 1 aromatic carbocycles. The van der Waals surface area contributed by atoms with Crippen molar-refractivity contribution < 1.29 is 4.79 Å². The second-order valence-electron chi connectivity index (χ2n) is 9.12. The number of rotatable bonds is 7. The van der Waals surface area contributed by atoms with E-state index in [-0.39, 0.29) is 18.0 Å². The van der Waals surface area contributed by atoms with Crippen molar-refractivity contribution in [3.8, 4) is 0 Å². The third-order valence-corrected chi connectivity index (χ3v) is 5.00. The molecule has 6 nitrogen and oxygen atoms in total. The molecular formula is C23H39N5O. The Morgan fingerprint density at radius 1 is 1.10 bits per heavy atom. The third-order valence-electron chi connectivity index (χ3n) is 5.00. The fourth-order valence-electron chi connectivity index (χ4n) is 3.37. The van der Waals surface area contributed by atoms with Gasteiger partial charge in [-0.1, -0.05) is 31.2 Å². The summed E-state index contributed by atoms with van der Waals surface area (Å²) in [4.78, 5) is 19.2. The fourth-order valence-corrected chi connectivity index (χ4v) is 3.37. The molecule has 162 valence electrons. The Morgan fingerprint density at radius 3 is 2.31 bits per heavy atom. The maximum atomic E-state index is 12.0. The lowest BCUT2D eigenvalue weighted by molar-refractivity contribution is -0.121. The molecule has 29 heavy (non-hydrogen) atoms. The summed E-state index contributed by atoms with van der Waals surface area (Å²) < 4.78 is 0. The normalized spacial score (nSPS) is 16.5. The average Bonchev–Trinajstić information content (AvgIpc) is 2.65. The second kappa shape index (κ2) is 11.2. The van der Waals surface area contributed by atoms with Crippen molar-refractivity contribution in [2.24, 2.45) is 10.9 Å². The number of nitrogens with one attached hydrogen (secondary N) is 3. The van der Waals surface area contributed by atoms with Crippen molar-refractivity contribution in [3.05, 3.63) is 35.4 Å². The first-order chi connectivity index (χ1) is 13.7. The molecule has 0 spiro atoms. The highest BCUT2D eigenvalue weighted by atomic mass is 16.2. The van der Waals surface area contributed by atoms with Crippen LogP contribution in [0.1, 0.15) is 58.6 Å². The molecule has 0 aliphatic carbocycles. The number of amides is 1. The molecule has 0 unspecified atom stereocenters. The number of aliphatic imine (C=N–C) groups is 1. The van der Waals surface area contributed by atoms with E-state index in [1.54, 1.807) is 0 Å². The number of hydrogen-bond acceptors (Lipinski definition) is 3. The van der Waals surface area contributed by atoms with E-state index in [1.807, 2.05) is 27.7 Å². The molecule has 0 saturated carbocycles. The lowest BCUT2D eigenvalue weighted by atomic mass is 9.99. The largest absolute Gasteiger partial charge is 0.357 e. The van der Waals surface area contributed by atoms with Gasteiger partial charge in [-0.2, -0.15) is 0 Å². The van der Waals surface area contributed by atoms with Gasteiger partial charge in [0, 0.05) is 18.6 Å². The van der Waals surface area contributed by atoms with E-state index in [9.17, 15) is 4.79 Å². The quantitative estimate of drug-likeness (QED) is 0.485. The minimum Gasteiger partial charge on any atom is -0.357 e. The van der Waals surface area contributed by atoms with Crippen LogP contribution < -0.4 is 16.0 Å². The van der Waals surface area contributed by atoms with Crippen molar-refractivity contribution in [2.75, 3.05) is 26.2 Å². The van der Waals surface area contributed by atoms with Gasteiger partial charge in [0.15, 0.2) is 5.96 Å². The van der Waals surface area contributed by atoms with Crippen molar-refractivity contribution in [1.29, 1.82) is 0 Å². The third kappa shape index (κ3) is 9.31. The van der Waals surface area contributed by atoms with Gasteiger partial charge in [0.2, 0.25) is 5.91 Å². The first-order valence-electron chi connectivity index (χ1n) is 10.9. The molecule has 0 atom stereocenters. The summed E-state index contributed by atoms with van der Waals surface area (Å²) >= 11 is 0. The minimum atomic E-state index is -0.234. The van der Waals surface area contributed by atoms with E-state index in [0.29, 0.717) is 12.5 Å². The van der Waals surface area contributed by atoms with E-state index >= 15 is 0 Å². The summed E-state index contributed by atoms with van der Waals surface area (Å²) in [6.07, 6.45) is 2.61. The Kier molecular flexibility index (Phi) is 8.96. The van der Waals surface area contributed by atoms with Gasteiger partial charge >= 0.3 is 0 Å². The SMILES string of the molecule is CCNC(=NCc1ccc(CN2CCC(C)CC2)cc1)NCC(=O)NC(C)(C)C. The second-order valence-corrected chi connectivity index (χ2v) is 9.12.